The predicted molar refractivity (Wildman–Crippen MR) is 71.9 cm³/mol. The predicted octanol–water partition coefficient (Wildman–Crippen LogP) is 1.59. The van der Waals surface area contributed by atoms with E-state index in [4.69, 9.17) is 5.73 Å². The van der Waals surface area contributed by atoms with Gasteiger partial charge in [-0.3, -0.25) is 9.78 Å². The molecule has 94 valence electrons. The van der Waals surface area contributed by atoms with Gasteiger partial charge >= 0.3 is 0 Å². The van der Waals surface area contributed by atoms with Crippen LogP contribution in [0.2, 0.25) is 0 Å². The maximum Gasteiger partial charge on any atom is 0.237 e. The molecule has 0 aliphatic carbocycles. The minimum Gasteiger partial charge on any atom is -0.351 e. The monoisotopic (exact) mass is 243 g/mol. The van der Waals surface area contributed by atoms with E-state index in [1.807, 2.05) is 37.3 Å². The number of fused-ring (bicyclic) bond motifs is 1. The van der Waals surface area contributed by atoms with E-state index in [2.05, 4.69) is 10.3 Å². The molecule has 3 N–H and O–H groups in total. The van der Waals surface area contributed by atoms with Gasteiger partial charge < -0.3 is 11.1 Å². The smallest absolute Gasteiger partial charge is 0.237 e. The Kier molecular flexibility index (Phi) is 3.89. The Hall–Kier alpha value is -1.94. The van der Waals surface area contributed by atoms with E-state index in [1.54, 1.807) is 6.20 Å². The molecule has 0 radical (unpaired) electrons. The number of nitrogens with zero attached hydrogens (tertiary/aromatic N) is 1. The molecular formula is C14H17N3O. The second-order valence-corrected chi connectivity index (χ2v) is 4.22. The summed E-state index contributed by atoms with van der Waals surface area (Å²) in [5.74, 6) is -0.120. The summed E-state index contributed by atoms with van der Waals surface area (Å²) in [5, 5.41) is 3.91. The number of hydrogen-bond acceptors (Lipinski definition) is 3. The van der Waals surface area contributed by atoms with E-state index < -0.39 is 6.04 Å². The summed E-state index contributed by atoms with van der Waals surface area (Å²) in [6.07, 6.45) is 2.39. The Labute approximate surface area is 106 Å². The van der Waals surface area contributed by atoms with E-state index in [-0.39, 0.29) is 5.91 Å². The van der Waals surface area contributed by atoms with Gasteiger partial charge in [0.15, 0.2) is 0 Å². The lowest BCUT2D eigenvalue weighted by molar-refractivity contribution is -0.122. The first kappa shape index (κ1) is 12.5. The van der Waals surface area contributed by atoms with E-state index in [9.17, 15) is 4.79 Å². The standard InChI is InChI=1S/C14H17N3O/c1-2-12(15)14(18)17-9-11-6-3-5-10-7-4-8-16-13(10)11/h3-8,12H,2,9,15H2,1H3,(H,17,18)/t12-/m1/s1. The van der Waals surface area contributed by atoms with Crippen LogP contribution in [0.4, 0.5) is 0 Å². The van der Waals surface area contributed by atoms with Crippen LogP contribution in [0.1, 0.15) is 18.9 Å². The molecule has 1 heterocycles. The van der Waals surface area contributed by atoms with Gasteiger partial charge in [0, 0.05) is 18.1 Å². The lowest BCUT2D eigenvalue weighted by Crippen LogP contribution is -2.39. The van der Waals surface area contributed by atoms with Gasteiger partial charge in [0.1, 0.15) is 0 Å². The summed E-state index contributed by atoms with van der Waals surface area (Å²) < 4.78 is 0. The van der Waals surface area contributed by atoms with Crippen molar-refractivity contribution in [3.63, 3.8) is 0 Å². The average molecular weight is 243 g/mol. The summed E-state index contributed by atoms with van der Waals surface area (Å²) >= 11 is 0. The number of benzene rings is 1. The van der Waals surface area contributed by atoms with Gasteiger partial charge in [-0.2, -0.15) is 0 Å². The number of carbonyl (C=O) groups excluding carboxylic acids is 1. The van der Waals surface area contributed by atoms with Crippen molar-refractivity contribution in [2.24, 2.45) is 5.73 Å². The van der Waals surface area contributed by atoms with Crippen LogP contribution in [-0.2, 0) is 11.3 Å². The lowest BCUT2D eigenvalue weighted by Gasteiger charge is -2.11. The summed E-state index contributed by atoms with van der Waals surface area (Å²) in [6, 6.07) is 9.40. The van der Waals surface area contributed by atoms with Gasteiger partial charge in [0.2, 0.25) is 5.91 Å². The highest BCUT2D eigenvalue weighted by molar-refractivity contribution is 5.84. The Morgan fingerprint density at radius 1 is 1.39 bits per heavy atom. The highest BCUT2D eigenvalue weighted by Crippen LogP contribution is 2.15. The molecule has 0 spiro atoms. The van der Waals surface area contributed by atoms with Crippen molar-refractivity contribution >= 4 is 16.8 Å². The number of para-hydroxylation sites is 1. The van der Waals surface area contributed by atoms with Gasteiger partial charge in [0.05, 0.1) is 11.6 Å². The lowest BCUT2D eigenvalue weighted by atomic mass is 10.1. The van der Waals surface area contributed by atoms with Crippen molar-refractivity contribution in [3.8, 4) is 0 Å². The van der Waals surface area contributed by atoms with Crippen LogP contribution in [0.5, 0.6) is 0 Å². The minimum atomic E-state index is -0.437. The maximum atomic E-state index is 11.6. The van der Waals surface area contributed by atoms with Gasteiger partial charge in [0.25, 0.3) is 0 Å². The van der Waals surface area contributed by atoms with Crippen molar-refractivity contribution in [1.29, 1.82) is 0 Å². The quantitative estimate of drug-likeness (QED) is 0.856. The van der Waals surface area contributed by atoms with Crippen LogP contribution in [0.25, 0.3) is 10.9 Å². The molecular weight excluding hydrogens is 226 g/mol. The van der Waals surface area contributed by atoms with E-state index in [0.29, 0.717) is 13.0 Å². The fraction of sp³-hybridized carbons (Fsp3) is 0.286. The van der Waals surface area contributed by atoms with Gasteiger partial charge in [-0.1, -0.05) is 31.2 Å². The third-order valence-electron chi connectivity index (χ3n) is 2.95. The molecule has 0 aliphatic rings. The first-order valence-electron chi connectivity index (χ1n) is 6.08. The third kappa shape index (κ3) is 2.65. The van der Waals surface area contributed by atoms with Crippen molar-refractivity contribution in [3.05, 3.63) is 42.1 Å². The molecule has 18 heavy (non-hydrogen) atoms. The zero-order valence-corrected chi connectivity index (χ0v) is 10.4. The number of nitrogens with one attached hydrogen (secondary N) is 1. The zero-order valence-electron chi connectivity index (χ0n) is 10.4. The summed E-state index contributed by atoms with van der Waals surface area (Å²) in [7, 11) is 0. The Balaban J connectivity index is 2.15. The average Bonchev–Trinajstić information content (AvgIpc) is 2.43. The molecule has 2 aromatic rings. The molecule has 4 nitrogen and oxygen atoms in total. The van der Waals surface area contributed by atoms with Crippen molar-refractivity contribution in [1.82, 2.24) is 10.3 Å². The number of amides is 1. The van der Waals surface area contributed by atoms with Crippen LogP contribution in [0.15, 0.2) is 36.5 Å². The Morgan fingerprint density at radius 3 is 2.94 bits per heavy atom. The molecule has 2 rings (SSSR count). The van der Waals surface area contributed by atoms with Crippen LogP contribution >= 0.6 is 0 Å². The van der Waals surface area contributed by atoms with Crippen LogP contribution < -0.4 is 11.1 Å². The molecule has 0 bridgehead atoms. The van der Waals surface area contributed by atoms with Crippen molar-refractivity contribution in [2.75, 3.05) is 0 Å². The number of rotatable bonds is 4. The molecule has 1 aromatic carbocycles. The summed E-state index contributed by atoms with van der Waals surface area (Å²) in [6.45, 7) is 2.35. The zero-order chi connectivity index (χ0) is 13.0. The molecule has 0 saturated heterocycles. The molecule has 0 saturated carbocycles. The molecule has 1 amide bonds. The normalized spacial score (nSPS) is 12.3. The van der Waals surface area contributed by atoms with Gasteiger partial charge in [-0.05, 0) is 18.1 Å². The second-order valence-electron chi connectivity index (χ2n) is 4.22. The van der Waals surface area contributed by atoms with Crippen LogP contribution in [0.3, 0.4) is 0 Å². The van der Waals surface area contributed by atoms with E-state index >= 15 is 0 Å². The number of nitrogens with two attached hydrogens (primary N) is 1. The number of aromatic nitrogens is 1. The SMILES string of the molecule is CC[C@@H](N)C(=O)NCc1cccc2cccnc12. The number of pyridine rings is 1. The van der Waals surface area contributed by atoms with E-state index in [0.717, 1.165) is 16.5 Å². The van der Waals surface area contributed by atoms with Crippen LogP contribution in [-0.4, -0.2) is 16.9 Å². The largest absolute Gasteiger partial charge is 0.351 e. The minimum absolute atomic E-state index is 0.120. The van der Waals surface area contributed by atoms with Crippen LogP contribution in [0, 0.1) is 0 Å². The van der Waals surface area contributed by atoms with E-state index in [1.165, 1.54) is 0 Å². The highest BCUT2D eigenvalue weighted by atomic mass is 16.2. The molecule has 4 heteroatoms. The Morgan fingerprint density at radius 2 is 2.17 bits per heavy atom. The maximum absolute atomic E-state index is 11.6. The summed E-state index contributed by atoms with van der Waals surface area (Å²) in [5.41, 5.74) is 7.59. The van der Waals surface area contributed by atoms with Crippen molar-refractivity contribution < 1.29 is 4.79 Å². The molecule has 1 atom stereocenters. The molecule has 0 aliphatic heterocycles. The fourth-order valence-electron chi connectivity index (χ4n) is 1.81. The number of hydrogen-bond donors (Lipinski definition) is 2. The fourth-order valence-corrected chi connectivity index (χ4v) is 1.81. The second kappa shape index (κ2) is 5.60. The topological polar surface area (TPSA) is 68.0 Å². The van der Waals surface area contributed by atoms with Gasteiger partial charge in [-0.25, -0.2) is 0 Å². The molecule has 0 unspecified atom stereocenters. The third-order valence-corrected chi connectivity index (χ3v) is 2.95. The van der Waals surface area contributed by atoms with Gasteiger partial charge in [-0.15, -0.1) is 0 Å². The first-order valence-corrected chi connectivity index (χ1v) is 6.08. The molecule has 1 aromatic heterocycles. The number of carbonyl (C=O) groups is 1. The summed E-state index contributed by atoms with van der Waals surface area (Å²) in [4.78, 5) is 16.0. The molecule has 0 fully saturated rings. The van der Waals surface area contributed by atoms with Crippen molar-refractivity contribution in [2.45, 2.75) is 25.9 Å². The first-order chi connectivity index (χ1) is 8.72. The Bertz CT molecular complexity index is 548. The highest BCUT2D eigenvalue weighted by Gasteiger charge is 2.10.